The summed E-state index contributed by atoms with van der Waals surface area (Å²) in [7, 11) is -4.00. The van der Waals surface area contributed by atoms with Crippen LogP contribution in [-0.4, -0.2) is 29.6 Å². The summed E-state index contributed by atoms with van der Waals surface area (Å²) in [5.74, 6) is -0.954. The van der Waals surface area contributed by atoms with Crippen molar-refractivity contribution in [2.75, 3.05) is 6.54 Å². The second-order valence-corrected chi connectivity index (χ2v) is 8.61. The van der Waals surface area contributed by atoms with Crippen LogP contribution < -0.4 is 0 Å². The molecule has 0 spiro atoms. The molecule has 8 nitrogen and oxygen atoms in total. The van der Waals surface area contributed by atoms with Crippen LogP contribution in [0.4, 0.5) is 13.2 Å². The van der Waals surface area contributed by atoms with Crippen LogP contribution in [0.25, 0.3) is 11.5 Å². The van der Waals surface area contributed by atoms with E-state index in [9.17, 15) is 21.6 Å². The molecule has 29 heavy (non-hydrogen) atoms. The summed E-state index contributed by atoms with van der Waals surface area (Å²) in [4.78, 5) is -0.146. The van der Waals surface area contributed by atoms with Gasteiger partial charge in [0, 0.05) is 24.7 Å². The van der Waals surface area contributed by atoms with E-state index >= 15 is 0 Å². The number of nitrogens with zero attached hydrogens (tertiary/aromatic N) is 3. The third-order valence-corrected chi connectivity index (χ3v) is 6.69. The van der Waals surface area contributed by atoms with Crippen molar-refractivity contribution in [1.29, 1.82) is 0 Å². The summed E-state index contributed by atoms with van der Waals surface area (Å²) in [5, 5.41) is 7.14. The van der Waals surface area contributed by atoms with Crippen molar-refractivity contribution >= 4 is 10.0 Å². The zero-order chi connectivity index (χ0) is 21.0. The van der Waals surface area contributed by atoms with Gasteiger partial charge in [0.1, 0.15) is 16.3 Å². The standard InChI is InChI=1S/C17H16F3N3O5S/c1-9-6-14(27-21-9)12-4-3-5-23(12)29(24,25)15-8-13(26-10(15)2)11-7-16(28-22-11)17(18,19)20/h6-8,12H,3-5H2,1-2H3. The van der Waals surface area contributed by atoms with Crippen LogP contribution in [0.2, 0.25) is 0 Å². The molecule has 1 aliphatic heterocycles. The molecular formula is C17H16F3N3O5S. The van der Waals surface area contributed by atoms with Gasteiger partial charge in [-0.2, -0.15) is 17.5 Å². The molecule has 1 fully saturated rings. The number of halogens is 3. The van der Waals surface area contributed by atoms with Crippen molar-refractivity contribution in [2.45, 2.75) is 43.8 Å². The van der Waals surface area contributed by atoms with Crippen molar-refractivity contribution in [3.8, 4) is 11.5 Å². The number of rotatable bonds is 4. The molecule has 0 aliphatic carbocycles. The summed E-state index contributed by atoms with van der Waals surface area (Å²) >= 11 is 0. The fraction of sp³-hybridized carbons (Fsp3) is 0.412. The smallest absolute Gasteiger partial charge is 0.452 e. The molecule has 1 saturated heterocycles. The van der Waals surface area contributed by atoms with Crippen molar-refractivity contribution < 1.29 is 35.1 Å². The lowest BCUT2D eigenvalue weighted by molar-refractivity contribution is -0.155. The molecule has 0 saturated carbocycles. The minimum absolute atomic E-state index is 0.0379. The van der Waals surface area contributed by atoms with Gasteiger partial charge in [-0.05, 0) is 26.7 Å². The van der Waals surface area contributed by atoms with Crippen LogP contribution in [0.15, 0.2) is 36.6 Å². The van der Waals surface area contributed by atoms with Gasteiger partial charge in [0.15, 0.2) is 11.5 Å². The molecule has 1 unspecified atom stereocenters. The Labute approximate surface area is 163 Å². The first-order valence-electron chi connectivity index (χ1n) is 8.67. The van der Waals surface area contributed by atoms with Crippen LogP contribution in [0, 0.1) is 13.8 Å². The van der Waals surface area contributed by atoms with Gasteiger partial charge in [-0.3, -0.25) is 0 Å². The van der Waals surface area contributed by atoms with Gasteiger partial charge in [0.05, 0.1) is 11.7 Å². The van der Waals surface area contributed by atoms with E-state index < -0.39 is 28.0 Å². The first kappa shape index (κ1) is 19.7. The molecule has 4 rings (SSSR count). The van der Waals surface area contributed by atoms with Crippen molar-refractivity contribution in [3.05, 3.63) is 41.2 Å². The van der Waals surface area contributed by atoms with Crippen LogP contribution in [0.3, 0.4) is 0 Å². The molecule has 4 heterocycles. The van der Waals surface area contributed by atoms with Gasteiger partial charge in [-0.25, -0.2) is 8.42 Å². The lowest BCUT2D eigenvalue weighted by Gasteiger charge is -2.21. The molecule has 0 bridgehead atoms. The Morgan fingerprint density at radius 1 is 1.14 bits per heavy atom. The Hall–Kier alpha value is -2.60. The highest BCUT2D eigenvalue weighted by atomic mass is 32.2. The largest absolute Gasteiger partial charge is 0.458 e. The second kappa shape index (κ2) is 6.73. The third-order valence-electron chi connectivity index (χ3n) is 4.68. The number of hydrogen-bond acceptors (Lipinski definition) is 7. The number of sulfonamides is 1. The summed E-state index contributed by atoms with van der Waals surface area (Å²) in [6, 6.07) is 2.98. The molecule has 3 aromatic rings. The van der Waals surface area contributed by atoms with E-state index in [0.717, 1.165) is 6.07 Å². The highest BCUT2D eigenvalue weighted by molar-refractivity contribution is 7.89. The Balaban J connectivity index is 1.68. The number of alkyl halides is 3. The molecule has 0 aromatic carbocycles. The van der Waals surface area contributed by atoms with Crippen molar-refractivity contribution in [1.82, 2.24) is 14.6 Å². The zero-order valence-corrected chi connectivity index (χ0v) is 16.2. The van der Waals surface area contributed by atoms with Crippen LogP contribution in [-0.2, 0) is 16.2 Å². The molecule has 0 amide bonds. The number of furan rings is 1. The SMILES string of the molecule is Cc1cc(C2CCCN2S(=O)(=O)c2cc(-c3cc(C(F)(F)F)on3)oc2C)on1. The monoisotopic (exact) mass is 431 g/mol. The van der Waals surface area contributed by atoms with Crippen LogP contribution in [0.5, 0.6) is 0 Å². The Morgan fingerprint density at radius 2 is 1.90 bits per heavy atom. The predicted octanol–water partition coefficient (Wildman–Crippen LogP) is 4.08. The molecule has 156 valence electrons. The molecule has 12 heteroatoms. The number of aromatic nitrogens is 2. The quantitative estimate of drug-likeness (QED) is 0.613. The molecule has 3 aromatic heterocycles. The molecule has 1 atom stereocenters. The first-order valence-corrected chi connectivity index (χ1v) is 10.1. The highest BCUT2D eigenvalue weighted by Crippen LogP contribution is 2.39. The van der Waals surface area contributed by atoms with Gasteiger partial charge in [0.2, 0.25) is 15.8 Å². The van der Waals surface area contributed by atoms with Crippen LogP contribution >= 0.6 is 0 Å². The fourth-order valence-electron chi connectivity index (χ4n) is 3.35. The predicted molar refractivity (Wildman–Crippen MR) is 91.1 cm³/mol. The van der Waals surface area contributed by atoms with Crippen LogP contribution in [0.1, 0.15) is 41.9 Å². The minimum atomic E-state index is -4.71. The third kappa shape index (κ3) is 3.46. The fourth-order valence-corrected chi connectivity index (χ4v) is 5.18. The Bertz CT molecular complexity index is 1150. The van der Waals surface area contributed by atoms with Gasteiger partial charge >= 0.3 is 6.18 Å². The molecule has 0 N–H and O–H groups in total. The maximum atomic E-state index is 13.2. The van der Waals surface area contributed by atoms with E-state index in [-0.39, 0.29) is 28.7 Å². The highest BCUT2D eigenvalue weighted by Gasteiger charge is 2.41. The zero-order valence-electron chi connectivity index (χ0n) is 15.4. The summed E-state index contributed by atoms with van der Waals surface area (Å²) < 4.78 is 80.8. The number of hydrogen-bond donors (Lipinski definition) is 0. The average molecular weight is 431 g/mol. The lowest BCUT2D eigenvalue weighted by Crippen LogP contribution is -2.30. The number of aryl methyl sites for hydroxylation is 2. The summed E-state index contributed by atoms with van der Waals surface area (Å²) in [5.41, 5.74) is 0.392. The van der Waals surface area contributed by atoms with Gasteiger partial charge in [-0.1, -0.05) is 10.3 Å². The lowest BCUT2D eigenvalue weighted by atomic mass is 10.2. The topological polar surface area (TPSA) is 103 Å². The van der Waals surface area contributed by atoms with E-state index in [0.29, 0.717) is 30.4 Å². The van der Waals surface area contributed by atoms with Gasteiger partial charge in [-0.15, -0.1) is 0 Å². The Kier molecular flexibility index (Phi) is 4.57. The van der Waals surface area contributed by atoms with Gasteiger partial charge < -0.3 is 13.5 Å². The average Bonchev–Trinajstić information content (AvgIpc) is 3.39. The van der Waals surface area contributed by atoms with Crippen molar-refractivity contribution in [3.63, 3.8) is 0 Å². The van der Waals surface area contributed by atoms with Crippen molar-refractivity contribution in [2.24, 2.45) is 0 Å². The van der Waals surface area contributed by atoms with E-state index in [4.69, 9.17) is 8.94 Å². The van der Waals surface area contributed by atoms with E-state index in [1.54, 1.807) is 13.0 Å². The first-order chi connectivity index (χ1) is 13.6. The Morgan fingerprint density at radius 3 is 2.52 bits per heavy atom. The normalized spacial score (nSPS) is 18.6. The second-order valence-electron chi connectivity index (χ2n) is 6.75. The maximum absolute atomic E-state index is 13.2. The minimum Gasteiger partial charge on any atom is -0.458 e. The molecule has 0 radical (unpaired) electrons. The molecule has 1 aliphatic rings. The van der Waals surface area contributed by atoms with E-state index in [1.807, 2.05) is 0 Å². The van der Waals surface area contributed by atoms with Gasteiger partial charge in [0.25, 0.3) is 0 Å². The summed E-state index contributed by atoms with van der Waals surface area (Å²) in [6.07, 6.45) is -3.51. The maximum Gasteiger partial charge on any atom is 0.452 e. The van der Waals surface area contributed by atoms with E-state index in [2.05, 4.69) is 14.8 Å². The molecular weight excluding hydrogens is 415 g/mol. The van der Waals surface area contributed by atoms with E-state index in [1.165, 1.54) is 11.2 Å². The summed E-state index contributed by atoms with van der Waals surface area (Å²) in [6.45, 7) is 3.43.